The summed E-state index contributed by atoms with van der Waals surface area (Å²) in [5.41, 5.74) is 0.835. The van der Waals surface area contributed by atoms with E-state index in [0.717, 1.165) is 0 Å². The van der Waals surface area contributed by atoms with Crippen LogP contribution < -0.4 is 4.72 Å². The highest BCUT2D eigenvalue weighted by Gasteiger charge is 2.20. The van der Waals surface area contributed by atoms with Gasteiger partial charge < -0.3 is 0 Å². The minimum Gasteiger partial charge on any atom is -0.295 e. The molecular weight excluding hydrogens is 413 g/mol. The summed E-state index contributed by atoms with van der Waals surface area (Å²) >= 11 is 14.9. The fourth-order valence-electron chi connectivity index (χ4n) is 1.69. The first kappa shape index (κ1) is 17.3. The SMILES string of the molecule is CC(=O)c1ccc(NS(=O)(=O)c2cc(Cl)c(Cl)cc2Br)cc1. The van der Waals surface area contributed by atoms with Crippen molar-refractivity contribution < 1.29 is 13.2 Å². The lowest BCUT2D eigenvalue weighted by atomic mass is 10.1. The van der Waals surface area contributed by atoms with Gasteiger partial charge in [0.15, 0.2) is 5.78 Å². The number of halogens is 3. The Morgan fingerprint density at radius 1 is 1.09 bits per heavy atom. The van der Waals surface area contributed by atoms with Crippen molar-refractivity contribution in [2.75, 3.05) is 4.72 Å². The molecule has 4 nitrogen and oxygen atoms in total. The van der Waals surface area contributed by atoms with Gasteiger partial charge in [0.05, 0.1) is 10.0 Å². The van der Waals surface area contributed by atoms with Crippen molar-refractivity contribution in [3.8, 4) is 0 Å². The average molecular weight is 423 g/mol. The number of rotatable bonds is 4. The van der Waals surface area contributed by atoms with E-state index in [0.29, 0.717) is 15.7 Å². The maximum absolute atomic E-state index is 12.4. The standard InChI is InChI=1S/C14H10BrCl2NO3S/c1-8(19)9-2-4-10(5-3-9)18-22(20,21)14-7-13(17)12(16)6-11(14)15/h2-7,18H,1H3. The van der Waals surface area contributed by atoms with Gasteiger partial charge >= 0.3 is 0 Å². The van der Waals surface area contributed by atoms with Crippen LogP contribution in [0.15, 0.2) is 45.8 Å². The summed E-state index contributed by atoms with van der Waals surface area (Å²) in [5, 5.41) is 0.385. The first-order chi connectivity index (χ1) is 10.2. The molecule has 0 saturated carbocycles. The van der Waals surface area contributed by atoms with Crippen LogP contribution in [-0.2, 0) is 10.0 Å². The van der Waals surface area contributed by atoms with Gasteiger partial charge in [0.2, 0.25) is 0 Å². The number of hydrogen-bond donors (Lipinski definition) is 1. The molecule has 0 heterocycles. The third-order valence-corrected chi connectivity index (χ3v) is 5.87. The normalized spacial score (nSPS) is 11.3. The molecule has 2 aromatic rings. The lowest BCUT2D eigenvalue weighted by Gasteiger charge is -2.11. The zero-order valence-electron chi connectivity index (χ0n) is 11.2. The number of anilines is 1. The predicted molar refractivity (Wildman–Crippen MR) is 91.4 cm³/mol. The maximum atomic E-state index is 12.4. The van der Waals surface area contributed by atoms with E-state index in [-0.39, 0.29) is 20.7 Å². The maximum Gasteiger partial charge on any atom is 0.263 e. The monoisotopic (exact) mass is 421 g/mol. The lowest BCUT2D eigenvalue weighted by Crippen LogP contribution is -2.13. The topological polar surface area (TPSA) is 63.2 Å². The minimum atomic E-state index is -3.84. The Labute approximate surface area is 146 Å². The van der Waals surface area contributed by atoms with Crippen LogP contribution in [0.5, 0.6) is 0 Å². The van der Waals surface area contributed by atoms with E-state index < -0.39 is 10.0 Å². The molecule has 2 rings (SSSR count). The molecule has 22 heavy (non-hydrogen) atoms. The van der Waals surface area contributed by atoms with Crippen molar-refractivity contribution in [3.05, 3.63) is 56.5 Å². The van der Waals surface area contributed by atoms with Crippen molar-refractivity contribution >= 4 is 60.6 Å². The molecule has 0 spiro atoms. The van der Waals surface area contributed by atoms with E-state index in [9.17, 15) is 13.2 Å². The Hall–Kier alpha value is -1.08. The largest absolute Gasteiger partial charge is 0.295 e. The molecule has 0 aliphatic heterocycles. The van der Waals surface area contributed by atoms with Crippen LogP contribution in [0.4, 0.5) is 5.69 Å². The fourth-order valence-corrected chi connectivity index (χ4v) is 4.34. The molecular formula is C14H10BrCl2NO3S. The van der Waals surface area contributed by atoms with Crippen molar-refractivity contribution in [1.29, 1.82) is 0 Å². The van der Waals surface area contributed by atoms with Crippen LogP contribution in [0.2, 0.25) is 10.0 Å². The summed E-state index contributed by atoms with van der Waals surface area (Å²) in [4.78, 5) is 11.2. The van der Waals surface area contributed by atoms with Gasteiger partial charge in [-0.25, -0.2) is 8.42 Å². The van der Waals surface area contributed by atoms with E-state index in [4.69, 9.17) is 23.2 Å². The van der Waals surface area contributed by atoms with Gasteiger partial charge in [-0.1, -0.05) is 23.2 Å². The van der Waals surface area contributed by atoms with E-state index in [1.807, 2.05) is 0 Å². The minimum absolute atomic E-state index is 0.0301. The number of nitrogens with one attached hydrogen (secondary N) is 1. The Morgan fingerprint density at radius 3 is 2.18 bits per heavy atom. The molecule has 0 bridgehead atoms. The van der Waals surface area contributed by atoms with Gasteiger partial charge in [-0.2, -0.15) is 0 Å². The molecule has 0 fully saturated rings. The van der Waals surface area contributed by atoms with Gasteiger partial charge in [0.25, 0.3) is 10.0 Å². The van der Waals surface area contributed by atoms with Gasteiger partial charge in [0.1, 0.15) is 4.90 Å². The molecule has 0 atom stereocenters. The number of sulfonamides is 1. The average Bonchev–Trinajstić information content (AvgIpc) is 2.42. The number of benzene rings is 2. The summed E-state index contributed by atoms with van der Waals surface area (Å²) in [6.45, 7) is 1.44. The van der Waals surface area contributed by atoms with E-state index in [1.165, 1.54) is 31.2 Å². The van der Waals surface area contributed by atoms with E-state index >= 15 is 0 Å². The highest BCUT2D eigenvalue weighted by molar-refractivity contribution is 9.10. The molecule has 116 valence electrons. The fraction of sp³-hybridized carbons (Fsp3) is 0.0714. The molecule has 0 aliphatic rings. The van der Waals surface area contributed by atoms with Crippen LogP contribution in [0.25, 0.3) is 0 Å². The molecule has 0 aromatic heterocycles. The van der Waals surface area contributed by atoms with Crippen LogP contribution in [0, 0.1) is 0 Å². The second-order valence-electron chi connectivity index (χ2n) is 4.44. The number of Topliss-reactive ketones (excluding diaryl/α,β-unsaturated/α-hetero) is 1. The Morgan fingerprint density at radius 2 is 1.64 bits per heavy atom. The van der Waals surface area contributed by atoms with Crippen LogP contribution in [0.1, 0.15) is 17.3 Å². The summed E-state index contributed by atoms with van der Waals surface area (Å²) in [5.74, 6) is -0.0957. The second-order valence-corrected chi connectivity index (χ2v) is 7.76. The summed E-state index contributed by atoms with van der Waals surface area (Å²) in [7, 11) is -3.84. The Kier molecular flexibility index (Phi) is 5.17. The summed E-state index contributed by atoms with van der Waals surface area (Å²) in [6.07, 6.45) is 0. The second kappa shape index (κ2) is 6.58. The number of ketones is 1. The quantitative estimate of drug-likeness (QED) is 0.570. The lowest BCUT2D eigenvalue weighted by molar-refractivity contribution is 0.101. The van der Waals surface area contributed by atoms with Gasteiger partial charge in [-0.3, -0.25) is 9.52 Å². The Bertz CT molecular complexity index is 836. The highest BCUT2D eigenvalue weighted by atomic mass is 79.9. The Balaban J connectivity index is 2.35. The third-order valence-electron chi connectivity index (χ3n) is 2.81. The van der Waals surface area contributed by atoms with Crippen LogP contribution in [0.3, 0.4) is 0 Å². The van der Waals surface area contributed by atoms with Crippen LogP contribution in [-0.4, -0.2) is 14.2 Å². The number of hydrogen-bond acceptors (Lipinski definition) is 3. The summed E-state index contributed by atoms with van der Waals surface area (Å²) < 4.78 is 27.5. The molecule has 0 saturated heterocycles. The zero-order chi connectivity index (χ0) is 16.5. The first-order valence-corrected chi connectivity index (χ1v) is 9.02. The predicted octanol–water partition coefficient (Wildman–Crippen LogP) is 4.76. The number of carbonyl (C=O) groups excluding carboxylic acids is 1. The smallest absolute Gasteiger partial charge is 0.263 e. The molecule has 0 radical (unpaired) electrons. The molecule has 2 aromatic carbocycles. The van der Waals surface area contributed by atoms with Gasteiger partial charge in [-0.15, -0.1) is 0 Å². The first-order valence-electron chi connectivity index (χ1n) is 5.99. The molecule has 0 aliphatic carbocycles. The van der Waals surface area contributed by atoms with Gasteiger partial charge in [-0.05, 0) is 59.3 Å². The van der Waals surface area contributed by atoms with E-state index in [2.05, 4.69) is 20.7 Å². The van der Waals surface area contributed by atoms with Crippen molar-refractivity contribution in [2.24, 2.45) is 0 Å². The highest BCUT2D eigenvalue weighted by Crippen LogP contribution is 2.32. The summed E-state index contributed by atoms with van der Waals surface area (Å²) in [6, 6.07) is 8.80. The van der Waals surface area contributed by atoms with Crippen LogP contribution >= 0.6 is 39.1 Å². The molecule has 0 amide bonds. The third kappa shape index (κ3) is 3.81. The van der Waals surface area contributed by atoms with Crippen molar-refractivity contribution in [3.63, 3.8) is 0 Å². The van der Waals surface area contributed by atoms with Crippen molar-refractivity contribution in [2.45, 2.75) is 11.8 Å². The molecule has 0 unspecified atom stereocenters. The van der Waals surface area contributed by atoms with Gasteiger partial charge in [0, 0.05) is 15.7 Å². The zero-order valence-corrected chi connectivity index (χ0v) is 15.1. The number of carbonyl (C=O) groups is 1. The molecule has 8 heteroatoms. The molecule has 1 N–H and O–H groups in total. The van der Waals surface area contributed by atoms with E-state index in [1.54, 1.807) is 12.1 Å². The van der Waals surface area contributed by atoms with Crippen molar-refractivity contribution in [1.82, 2.24) is 0 Å².